The summed E-state index contributed by atoms with van der Waals surface area (Å²) in [6.07, 6.45) is 2.96. The van der Waals surface area contributed by atoms with E-state index in [2.05, 4.69) is 5.32 Å². The van der Waals surface area contributed by atoms with Gasteiger partial charge in [-0.05, 0) is 53.5 Å². The van der Waals surface area contributed by atoms with E-state index in [4.69, 9.17) is 0 Å². The number of aliphatic carboxylic acids is 1. The number of carbonyl (C=O) groups excluding carboxylic acids is 1. The quantitative estimate of drug-likeness (QED) is 0.897. The molecule has 0 spiro atoms. The van der Waals surface area contributed by atoms with Crippen molar-refractivity contribution < 1.29 is 14.7 Å². The summed E-state index contributed by atoms with van der Waals surface area (Å²) in [5, 5.41) is 16.4. The number of amides is 2. The van der Waals surface area contributed by atoms with E-state index in [1.807, 2.05) is 16.8 Å². The zero-order valence-corrected chi connectivity index (χ0v) is 12.8. The largest absolute Gasteiger partial charge is 0.481 e. The summed E-state index contributed by atoms with van der Waals surface area (Å²) in [6.45, 7) is 0.549. The van der Waals surface area contributed by atoms with Crippen LogP contribution in [0.2, 0.25) is 0 Å². The Balaban J connectivity index is 1.62. The van der Waals surface area contributed by atoms with E-state index in [0.717, 1.165) is 24.8 Å². The molecule has 2 amide bonds. The summed E-state index contributed by atoms with van der Waals surface area (Å²) < 4.78 is 0. The predicted octanol–water partition coefficient (Wildman–Crippen LogP) is 2.39. The Morgan fingerprint density at radius 3 is 2.86 bits per heavy atom. The average molecular weight is 308 g/mol. The third-order valence-electron chi connectivity index (χ3n) is 4.84. The number of nitrogens with one attached hydrogen (secondary N) is 1. The molecule has 2 bridgehead atoms. The fraction of sp³-hybridized carbons (Fsp3) is 0.600. The van der Waals surface area contributed by atoms with Crippen molar-refractivity contribution >= 4 is 23.3 Å². The van der Waals surface area contributed by atoms with Crippen LogP contribution in [0.1, 0.15) is 24.8 Å². The summed E-state index contributed by atoms with van der Waals surface area (Å²) in [5.74, 6) is -0.621. The van der Waals surface area contributed by atoms with Crippen LogP contribution in [0.5, 0.6) is 0 Å². The van der Waals surface area contributed by atoms with Gasteiger partial charge in [-0.15, -0.1) is 0 Å². The lowest BCUT2D eigenvalue weighted by Crippen LogP contribution is -2.50. The number of fused-ring (bicyclic) bond motifs is 2. The van der Waals surface area contributed by atoms with Gasteiger partial charge in [0.05, 0.1) is 5.92 Å². The highest BCUT2D eigenvalue weighted by atomic mass is 32.1. The maximum Gasteiger partial charge on any atom is 0.317 e. The van der Waals surface area contributed by atoms with Crippen molar-refractivity contribution in [2.24, 2.45) is 17.8 Å². The number of nitrogens with zero attached hydrogens (tertiary/aromatic N) is 1. The van der Waals surface area contributed by atoms with Crippen molar-refractivity contribution in [3.8, 4) is 0 Å². The predicted molar refractivity (Wildman–Crippen MR) is 80.1 cm³/mol. The molecule has 1 aromatic rings. The molecular formula is C15H20N2O3S. The molecule has 0 aromatic carbocycles. The minimum absolute atomic E-state index is 0.176. The van der Waals surface area contributed by atoms with Crippen molar-refractivity contribution in [1.29, 1.82) is 0 Å². The van der Waals surface area contributed by atoms with Crippen LogP contribution in [0.25, 0.3) is 0 Å². The number of rotatable bonds is 4. The van der Waals surface area contributed by atoms with E-state index >= 15 is 0 Å². The molecule has 2 aliphatic rings. The van der Waals surface area contributed by atoms with Crippen molar-refractivity contribution in [2.45, 2.75) is 31.8 Å². The van der Waals surface area contributed by atoms with Crippen LogP contribution in [-0.4, -0.2) is 35.1 Å². The number of carboxylic acid groups (broad SMARTS) is 1. The van der Waals surface area contributed by atoms with Gasteiger partial charge in [-0.2, -0.15) is 11.3 Å². The van der Waals surface area contributed by atoms with Gasteiger partial charge in [-0.1, -0.05) is 0 Å². The minimum atomic E-state index is -0.770. The van der Waals surface area contributed by atoms with Crippen molar-refractivity contribution in [3.05, 3.63) is 22.4 Å². The monoisotopic (exact) mass is 308 g/mol. The number of thiophene rings is 1. The lowest BCUT2D eigenvalue weighted by molar-refractivity contribution is -0.144. The molecule has 5 nitrogen and oxygen atoms in total. The summed E-state index contributed by atoms with van der Waals surface area (Å²) in [4.78, 5) is 25.4. The van der Waals surface area contributed by atoms with Crippen LogP contribution in [0, 0.1) is 17.8 Å². The molecule has 4 unspecified atom stereocenters. The second-order valence-corrected chi connectivity index (χ2v) is 6.94. The molecule has 114 valence electrons. The van der Waals surface area contributed by atoms with Gasteiger partial charge in [0.25, 0.3) is 0 Å². The zero-order chi connectivity index (χ0) is 15.0. The Morgan fingerprint density at radius 1 is 1.43 bits per heavy atom. The number of carbonyl (C=O) groups is 2. The van der Waals surface area contributed by atoms with Crippen LogP contribution < -0.4 is 5.32 Å². The Labute approximate surface area is 128 Å². The van der Waals surface area contributed by atoms with Crippen molar-refractivity contribution in [3.63, 3.8) is 0 Å². The molecule has 0 saturated heterocycles. The highest BCUT2D eigenvalue weighted by Gasteiger charge is 2.51. The van der Waals surface area contributed by atoms with Gasteiger partial charge in [-0.3, -0.25) is 4.79 Å². The Kier molecular flexibility index (Phi) is 3.89. The summed E-state index contributed by atoms with van der Waals surface area (Å²) in [7, 11) is 1.75. The lowest BCUT2D eigenvalue weighted by atomic mass is 9.84. The van der Waals surface area contributed by atoms with Gasteiger partial charge in [0.1, 0.15) is 0 Å². The average Bonchev–Trinajstić information content (AvgIpc) is 3.14. The van der Waals surface area contributed by atoms with Crippen LogP contribution >= 0.6 is 11.3 Å². The van der Waals surface area contributed by atoms with Crippen LogP contribution in [0.3, 0.4) is 0 Å². The topological polar surface area (TPSA) is 69.6 Å². The molecule has 2 aliphatic carbocycles. The molecule has 2 saturated carbocycles. The summed E-state index contributed by atoms with van der Waals surface area (Å²) in [5.41, 5.74) is 1.10. The van der Waals surface area contributed by atoms with Crippen molar-refractivity contribution in [2.75, 3.05) is 7.05 Å². The highest BCUT2D eigenvalue weighted by Crippen LogP contribution is 2.48. The first-order valence-corrected chi connectivity index (χ1v) is 8.26. The SMILES string of the molecule is CN(Cc1ccsc1)C(=O)NC1C2CCC(C2)C1C(=O)O. The molecule has 6 heteroatoms. The fourth-order valence-corrected chi connectivity index (χ4v) is 4.50. The third kappa shape index (κ3) is 2.77. The van der Waals surface area contributed by atoms with Gasteiger partial charge in [0.15, 0.2) is 0 Å². The molecule has 4 atom stereocenters. The Morgan fingerprint density at radius 2 is 2.19 bits per heavy atom. The zero-order valence-electron chi connectivity index (χ0n) is 12.0. The molecule has 21 heavy (non-hydrogen) atoms. The second kappa shape index (κ2) is 5.67. The minimum Gasteiger partial charge on any atom is -0.481 e. The lowest BCUT2D eigenvalue weighted by Gasteiger charge is -2.30. The highest BCUT2D eigenvalue weighted by molar-refractivity contribution is 7.07. The van der Waals surface area contributed by atoms with E-state index in [0.29, 0.717) is 12.5 Å². The van der Waals surface area contributed by atoms with Crippen LogP contribution in [-0.2, 0) is 11.3 Å². The van der Waals surface area contributed by atoms with Gasteiger partial charge < -0.3 is 15.3 Å². The maximum absolute atomic E-state index is 12.3. The van der Waals surface area contributed by atoms with Crippen LogP contribution in [0.15, 0.2) is 16.8 Å². The molecule has 2 fully saturated rings. The Bertz CT molecular complexity index is 531. The molecule has 0 aliphatic heterocycles. The molecule has 0 radical (unpaired) electrons. The van der Waals surface area contributed by atoms with Crippen molar-refractivity contribution in [1.82, 2.24) is 10.2 Å². The number of urea groups is 1. The Hall–Kier alpha value is -1.56. The normalized spacial score (nSPS) is 30.3. The van der Waals surface area contributed by atoms with E-state index in [1.54, 1.807) is 23.3 Å². The molecular weight excluding hydrogens is 288 g/mol. The van der Waals surface area contributed by atoms with Gasteiger partial charge >= 0.3 is 12.0 Å². The van der Waals surface area contributed by atoms with E-state index in [9.17, 15) is 14.7 Å². The fourth-order valence-electron chi connectivity index (χ4n) is 3.84. The summed E-state index contributed by atoms with van der Waals surface area (Å²) in [6, 6.07) is 1.61. The van der Waals surface area contributed by atoms with Crippen LogP contribution in [0.4, 0.5) is 4.79 Å². The van der Waals surface area contributed by atoms with E-state index in [1.165, 1.54) is 0 Å². The van der Waals surface area contributed by atoms with Gasteiger partial charge in [0, 0.05) is 19.6 Å². The maximum atomic E-state index is 12.3. The van der Waals surface area contributed by atoms with Gasteiger partial charge in [0.2, 0.25) is 0 Å². The van der Waals surface area contributed by atoms with E-state index in [-0.39, 0.29) is 18.0 Å². The summed E-state index contributed by atoms with van der Waals surface area (Å²) >= 11 is 1.60. The first kappa shape index (κ1) is 14.4. The number of hydrogen-bond acceptors (Lipinski definition) is 3. The second-order valence-electron chi connectivity index (χ2n) is 6.16. The van der Waals surface area contributed by atoms with Gasteiger partial charge in [-0.25, -0.2) is 4.79 Å². The number of hydrogen-bond donors (Lipinski definition) is 2. The third-order valence-corrected chi connectivity index (χ3v) is 5.57. The smallest absolute Gasteiger partial charge is 0.317 e. The van der Waals surface area contributed by atoms with E-state index < -0.39 is 11.9 Å². The first-order chi connectivity index (χ1) is 10.1. The molecule has 2 N–H and O–H groups in total. The first-order valence-electron chi connectivity index (χ1n) is 7.31. The number of carboxylic acids is 1. The molecule has 3 rings (SSSR count). The standard InChI is InChI=1S/C15H20N2O3S/c1-17(7-9-4-5-21-8-9)15(20)16-13-11-3-2-10(6-11)12(13)14(18)19/h4-5,8,10-13H,2-3,6-7H2,1H3,(H,16,20)(H,18,19). The molecule has 1 heterocycles. The molecule has 1 aromatic heterocycles.